The normalized spacial score (nSPS) is 18.4. The molecule has 0 bridgehead atoms. The Morgan fingerprint density at radius 1 is 1.07 bits per heavy atom. The number of anilines is 1. The van der Waals surface area contributed by atoms with Crippen molar-refractivity contribution in [2.75, 3.05) is 44.4 Å². The quantitative estimate of drug-likeness (QED) is 0.107. The van der Waals surface area contributed by atoms with Gasteiger partial charge in [-0.2, -0.15) is 4.39 Å². The second-order valence-corrected chi connectivity index (χ2v) is 18.2. The standard InChI is InChI=1S/C43H53F2N7O7S2/c1-24(26-8-10-27(11-9-26)37-25(2)47-23-61-37)48-40(56)33-20-29(53)21-52(33)41(57)38(43(3,4)5)50-39(55)28(19-34(46)54)7-6-16-59-36-30(12-13-31(44)35(36)45)32-22-60-42(49-32)51-14-17-58-18-15-51/h8-13,22-24,28-29,33,38,53H,6-7,14-21H2,1-5H3,(H2,46,54)(H,48,56)(H,50,55)/t24-,28?,29+,33-,38?/m0/s1. The van der Waals surface area contributed by atoms with Crippen molar-refractivity contribution >= 4 is 51.4 Å². The summed E-state index contributed by atoms with van der Waals surface area (Å²) in [6, 6.07) is 7.61. The molecule has 5 atom stereocenters. The van der Waals surface area contributed by atoms with Crippen molar-refractivity contribution in [2.45, 2.75) is 84.5 Å². The molecule has 0 aliphatic carbocycles. The third-order valence-corrected chi connectivity index (χ3v) is 12.8. The smallest absolute Gasteiger partial charge is 0.246 e. The number of benzene rings is 2. The van der Waals surface area contributed by atoms with Crippen LogP contribution in [0, 0.1) is 29.9 Å². The number of ether oxygens (including phenoxy) is 2. The number of thiazole rings is 2. The minimum Gasteiger partial charge on any atom is -0.490 e. The molecular weight excluding hydrogens is 829 g/mol. The zero-order valence-electron chi connectivity index (χ0n) is 34.9. The summed E-state index contributed by atoms with van der Waals surface area (Å²) in [6.45, 7) is 11.2. The van der Waals surface area contributed by atoms with E-state index in [0.717, 1.165) is 32.9 Å². The van der Waals surface area contributed by atoms with Crippen molar-refractivity contribution in [1.82, 2.24) is 25.5 Å². The lowest BCUT2D eigenvalue weighted by molar-refractivity contribution is -0.145. The molecule has 4 aromatic rings. The number of hydrogen-bond acceptors (Lipinski definition) is 12. The highest BCUT2D eigenvalue weighted by Crippen LogP contribution is 2.37. The van der Waals surface area contributed by atoms with Crippen molar-refractivity contribution < 1.29 is 42.5 Å². The Labute approximate surface area is 361 Å². The zero-order chi connectivity index (χ0) is 44.0. The van der Waals surface area contributed by atoms with Crippen LogP contribution in [0.2, 0.25) is 0 Å². The Hall–Kier alpha value is -5.04. The lowest BCUT2D eigenvalue weighted by atomic mass is 9.84. The lowest BCUT2D eigenvalue weighted by Crippen LogP contribution is -2.58. The van der Waals surface area contributed by atoms with Crippen LogP contribution >= 0.6 is 22.7 Å². The molecule has 2 aromatic carbocycles. The number of aryl methyl sites for hydroxylation is 1. The van der Waals surface area contributed by atoms with Crippen molar-refractivity contribution in [3.05, 3.63) is 70.2 Å². The average Bonchev–Trinajstić information content (AvgIpc) is 3.99. The summed E-state index contributed by atoms with van der Waals surface area (Å²) in [6.07, 6.45) is -1.12. The molecule has 2 fully saturated rings. The van der Waals surface area contributed by atoms with Gasteiger partial charge in [0, 0.05) is 49.3 Å². The summed E-state index contributed by atoms with van der Waals surface area (Å²) in [5.41, 5.74) is 9.95. The number of β-amino-alcohol motifs (C(OH)–C–C–N with tert-alkyl or cyclic N) is 1. The van der Waals surface area contributed by atoms with Crippen LogP contribution in [0.4, 0.5) is 13.9 Å². The predicted octanol–water partition coefficient (Wildman–Crippen LogP) is 5.38. The molecule has 4 amide bonds. The third kappa shape index (κ3) is 11.1. The Bertz CT molecular complexity index is 2190. The SMILES string of the molecule is Cc1ncsc1-c1ccc([C@H](C)NC(=O)[C@@H]2C[C@@H](O)CN2C(=O)C(NC(=O)C(CCCOc2c(-c3csc(N4CCOCC4)n3)ccc(F)c2F)CC(N)=O)C(C)(C)C)cc1. The van der Waals surface area contributed by atoms with Gasteiger partial charge in [0.2, 0.25) is 29.4 Å². The van der Waals surface area contributed by atoms with Gasteiger partial charge in [-0.15, -0.1) is 22.7 Å². The molecule has 4 heterocycles. The molecule has 2 aliphatic rings. The molecule has 5 N–H and O–H groups in total. The van der Waals surface area contributed by atoms with Gasteiger partial charge in [0.15, 0.2) is 16.7 Å². The first kappa shape index (κ1) is 45.5. The fraction of sp³-hybridized carbons (Fsp3) is 0.488. The van der Waals surface area contributed by atoms with Gasteiger partial charge in [-0.3, -0.25) is 19.2 Å². The molecule has 0 radical (unpaired) electrons. The van der Waals surface area contributed by atoms with Gasteiger partial charge in [0.05, 0.1) is 53.7 Å². The number of halogens is 2. The Balaban J connectivity index is 1.09. The van der Waals surface area contributed by atoms with Crippen LogP contribution in [0.3, 0.4) is 0 Å². The number of carbonyl (C=O) groups is 4. The van der Waals surface area contributed by atoms with E-state index in [1.807, 2.05) is 38.1 Å². The van der Waals surface area contributed by atoms with Crippen LogP contribution in [0.5, 0.6) is 5.75 Å². The molecular formula is C43H53F2N7O7S2. The third-order valence-electron chi connectivity index (χ3n) is 10.9. The van der Waals surface area contributed by atoms with Gasteiger partial charge >= 0.3 is 0 Å². The molecule has 328 valence electrons. The minimum absolute atomic E-state index is 0.00806. The molecule has 6 rings (SSSR count). The van der Waals surface area contributed by atoms with E-state index < -0.39 is 70.8 Å². The molecule has 18 heteroatoms. The summed E-state index contributed by atoms with van der Waals surface area (Å²) in [7, 11) is 0. The number of likely N-dealkylation sites (tertiary alicyclic amines) is 1. The number of amides is 4. The second kappa shape index (κ2) is 19.8. The summed E-state index contributed by atoms with van der Waals surface area (Å²) in [5.74, 6) is -6.00. The lowest BCUT2D eigenvalue weighted by Gasteiger charge is -2.36. The largest absolute Gasteiger partial charge is 0.490 e. The molecule has 2 aliphatic heterocycles. The fourth-order valence-electron chi connectivity index (χ4n) is 7.51. The van der Waals surface area contributed by atoms with E-state index in [0.29, 0.717) is 32.0 Å². The van der Waals surface area contributed by atoms with E-state index in [4.69, 9.17) is 15.2 Å². The maximum absolute atomic E-state index is 15.2. The molecule has 0 spiro atoms. The van der Waals surface area contributed by atoms with Gasteiger partial charge in [-0.1, -0.05) is 45.0 Å². The fourth-order valence-corrected chi connectivity index (χ4v) is 9.20. The van der Waals surface area contributed by atoms with Gasteiger partial charge in [0.25, 0.3) is 0 Å². The summed E-state index contributed by atoms with van der Waals surface area (Å²) in [5, 5.41) is 19.0. The number of nitrogens with one attached hydrogen (secondary N) is 2. The number of nitrogens with zero attached hydrogens (tertiary/aromatic N) is 4. The summed E-state index contributed by atoms with van der Waals surface area (Å²) < 4.78 is 40.9. The topological polar surface area (TPSA) is 189 Å². The van der Waals surface area contributed by atoms with E-state index >= 15 is 4.39 Å². The van der Waals surface area contributed by atoms with Gasteiger partial charge < -0.3 is 40.7 Å². The molecule has 14 nitrogen and oxygen atoms in total. The van der Waals surface area contributed by atoms with Crippen LogP contribution in [0.25, 0.3) is 21.7 Å². The number of aromatic nitrogens is 2. The number of hydrogen-bond donors (Lipinski definition) is 4. The Morgan fingerprint density at radius 2 is 1.79 bits per heavy atom. The predicted molar refractivity (Wildman–Crippen MR) is 229 cm³/mol. The summed E-state index contributed by atoms with van der Waals surface area (Å²) >= 11 is 2.91. The molecule has 2 aromatic heterocycles. The van der Waals surface area contributed by atoms with Crippen molar-refractivity contribution in [1.29, 1.82) is 0 Å². The maximum atomic E-state index is 15.2. The number of morpholine rings is 1. The van der Waals surface area contributed by atoms with Crippen molar-refractivity contribution in [2.24, 2.45) is 17.1 Å². The zero-order valence-corrected chi connectivity index (χ0v) is 36.5. The Kier molecular flexibility index (Phi) is 14.7. The number of nitrogens with two attached hydrogens (primary N) is 1. The highest BCUT2D eigenvalue weighted by atomic mass is 32.1. The number of rotatable bonds is 16. The van der Waals surface area contributed by atoms with E-state index in [-0.39, 0.29) is 50.1 Å². The van der Waals surface area contributed by atoms with Gasteiger partial charge in [0.1, 0.15) is 12.1 Å². The van der Waals surface area contributed by atoms with Gasteiger partial charge in [-0.25, -0.2) is 14.4 Å². The maximum Gasteiger partial charge on any atom is 0.246 e. The number of aliphatic hydroxyl groups is 1. The molecule has 61 heavy (non-hydrogen) atoms. The number of aliphatic hydroxyl groups excluding tert-OH is 1. The van der Waals surface area contributed by atoms with E-state index in [1.165, 1.54) is 22.3 Å². The minimum atomic E-state index is -1.18. The van der Waals surface area contributed by atoms with Crippen LogP contribution in [0.1, 0.15) is 70.7 Å². The Morgan fingerprint density at radius 3 is 2.44 bits per heavy atom. The second-order valence-electron chi connectivity index (χ2n) is 16.5. The molecule has 2 saturated heterocycles. The first-order valence-electron chi connectivity index (χ1n) is 20.3. The number of carbonyl (C=O) groups excluding carboxylic acids is 4. The van der Waals surface area contributed by atoms with E-state index in [1.54, 1.807) is 43.0 Å². The van der Waals surface area contributed by atoms with Crippen LogP contribution in [-0.4, -0.2) is 101 Å². The van der Waals surface area contributed by atoms with Crippen molar-refractivity contribution in [3.63, 3.8) is 0 Å². The van der Waals surface area contributed by atoms with Crippen LogP contribution in [-0.2, 0) is 23.9 Å². The van der Waals surface area contributed by atoms with E-state index in [2.05, 4.69) is 25.5 Å². The van der Waals surface area contributed by atoms with E-state index in [9.17, 15) is 28.7 Å². The molecule has 0 saturated carbocycles. The summed E-state index contributed by atoms with van der Waals surface area (Å²) in [4.78, 5) is 67.5. The highest BCUT2D eigenvalue weighted by Gasteiger charge is 2.45. The van der Waals surface area contributed by atoms with Gasteiger partial charge in [-0.05, 0) is 55.4 Å². The van der Waals surface area contributed by atoms with Crippen LogP contribution < -0.4 is 26.0 Å². The molecule has 2 unspecified atom stereocenters. The first-order chi connectivity index (χ1) is 29.0. The monoisotopic (exact) mass is 881 g/mol. The van der Waals surface area contributed by atoms with Crippen molar-refractivity contribution in [3.8, 4) is 27.4 Å². The first-order valence-corrected chi connectivity index (χ1v) is 22.0. The average molecular weight is 882 g/mol. The number of primary amides is 1. The van der Waals surface area contributed by atoms with Crippen LogP contribution in [0.15, 0.2) is 47.3 Å². The highest BCUT2D eigenvalue weighted by molar-refractivity contribution is 7.14.